The van der Waals surface area contributed by atoms with Gasteiger partial charge in [-0.2, -0.15) is 0 Å². The molecule has 0 amide bonds. The summed E-state index contributed by atoms with van der Waals surface area (Å²) in [4.78, 5) is 7.29. The summed E-state index contributed by atoms with van der Waals surface area (Å²) in [7, 11) is 1.98. The van der Waals surface area contributed by atoms with E-state index in [-0.39, 0.29) is 5.84 Å². The molecular weight excluding hydrogens is 268 g/mol. The van der Waals surface area contributed by atoms with Gasteiger partial charge in [-0.3, -0.25) is 10.4 Å². The number of pyridine rings is 1. The summed E-state index contributed by atoms with van der Waals surface area (Å²) >= 11 is 7.46. The van der Waals surface area contributed by atoms with Crippen molar-refractivity contribution in [2.24, 2.45) is 5.73 Å². The molecule has 2 rings (SSSR count). The molecule has 0 aliphatic carbocycles. The zero-order chi connectivity index (χ0) is 13.1. The van der Waals surface area contributed by atoms with Gasteiger partial charge in [-0.1, -0.05) is 11.6 Å². The predicted molar refractivity (Wildman–Crippen MR) is 76.7 cm³/mol. The van der Waals surface area contributed by atoms with Gasteiger partial charge in [-0.05, 0) is 24.3 Å². The van der Waals surface area contributed by atoms with Gasteiger partial charge in [0, 0.05) is 23.8 Å². The summed E-state index contributed by atoms with van der Waals surface area (Å²) in [5, 5.41) is 7.38. The molecule has 94 valence electrons. The first kappa shape index (κ1) is 12.9. The minimum absolute atomic E-state index is 0.0237. The van der Waals surface area contributed by atoms with E-state index in [1.807, 2.05) is 25.2 Å². The number of aromatic nitrogens is 1. The van der Waals surface area contributed by atoms with Crippen LogP contribution in [-0.4, -0.2) is 17.9 Å². The molecular formula is C12H13ClN4S. The van der Waals surface area contributed by atoms with Gasteiger partial charge in [0.1, 0.15) is 11.5 Å². The average Bonchev–Trinajstić information content (AvgIpc) is 2.75. The lowest BCUT2D eigenvalue weighted by molar-refractivity contribution is 0.937. The molecule has 18 heavy (non-hydrogen) atoms. The van der Waals surface area contributed by atoms with Crippen LogP contribution in [0.4, 0.5) is 5.69 Å². The van der Waals surface area contributed by atoms with Crippen LogP contribution in [0.15, 0.2) is 30.5 Å². The number of hydrogen-bond acceptors (Lipinski definition) is 4. The van der Waals surface area contributed by atoms with Crippen LogP contribution in [0.1, 0.15) is 10.6 Å². The Kier molecular flexibility index (Phi) is 3.84. The maximum atomic E-state index is 7.38. The van der Waals surface area contributed by atoms with E-state index in [9.17, 15) is 0 Å². The largest absolute Gasteiger partial charge is 0.382 e. The predicted octanol–water partition coefficient (Wildman–Crippen LogP) is 2.72. The van der Waals surface area contributed by atoms with Crippen LogP contribution in [0.5, 0.6) is 0 Å². The number of amidine groups is 1. The van der Waals surface area contributed by atoms with Crippen molar-refractivity contribution in [1.29, 1.82) is 5.41 Å². The zero-order valence-corrected chi connectivity index (χ0v) is 11.4. The number of nitrogens with one attached hydrogen (secondary N) is 1. The van der Waals surface area contributed by atoms with Crippen molar-refractivity contribution in [3.63, 3.8) is 0 Å². The van der Waals surface area contributed by atoms with Crippen molar-refractivity contribution in [2.75, 3.05) is 11.9 Å². The van der Waals surface area contributed by atoms with Crippen LogP contribution in [0.2, 0.25) is 4.34 Å². The summed E-state index contributed by atoms with van der Waals surface area (Å²) in [6.07, 6.45) is 1.66. The highest BCUT2D eigenvalue weighted by molar-refractivity contribution is 7.16. The monoisotopic (exact) mass is 280 g/mol. The smallest absolute Gasteiger partial charge is 0.141 e. The molecule has 4 nitrogen and oxygen atoms in total. The van der Waals surface area contributed by atoms with Gasteiger partial charge in [-0.15, -0.1) is 11.3 Å². The average molecular weight is 281 g/mol. The molecule has 0 aliphatic heterocycles. The maximum absolute atomic E-state index is 7.38. The quantitative estimate of drug-likeness (QED) is 0.668. The minimum Gasteiger partial charge on any atom is -0.382 e. The van der Waals surface area contributed by atoms with Gasteiger partial charge >= 0.3 is 0 Å². The summed E-state index contributed by atoms with van der Waals surface area (Å²) < 4.78 is 0.789. The van der Waals surface area contributed by atoms with Gasteiger partial charge in [0.05, 0.1) is 10.9 Å². The highest BCUT2D eigenvalue weighted by Gasteiger charge is 2.06. The fraction of sp³-hybridized carbons (Fsp3) is 0.167. The first-order chi connectivity index (χ1) is 8.56. The summed E-state index contributed by atoms with van der Waals surface area (Å²) in [6.45, 7) is 0.763. The molecule has 0 saturated carbocycles. The number of halogens is 1. The molecule has 3 N–H and O–H groups in total. The number of rotatable bonds is 4. The Morgan fingerprint density at radius 1 is 1.50 bits per heavy atom. The van der Waals surface area contributed by atoms with Crippen LogP contribution in [0.25, 0.3) is 0 Å². The number of nitrogen functional groups attached to an aromatic ring is 1. The van der Waals surface area contributed by atoms with Crippen LogP contribution in [0, 0.1) is 5.41 Å². The molecule has 2 aromatic heterocycles. The molecule has 2 heterocycles. The second-order valence-corrected chi connectivity index (χ2v) is 5.67. The number of thiophene rings is 1. The molecule has 0 saturated heterocycles. The van der Waals surface area contributed by atoms with E-state index in [1.165, 1.54) is 4.88 Å². The second kappa shape index (κ2) is 5.37. The van der Waals surface area contributed by atoms with Gasteiger partial charge in [-0.25, -0.2) is 0 Å². The Hall–Kier alpha value is -1.59. The van der Waals surface area contributed by atoms with Crippen molar-refractivity contribution in [3.8, 4) is 0 Å². The lowest BCUT2D eigenvalue weighted by atomic mass is 10.2. The third-order valence-corrected chi connectivity index (χ3v) is 3.70. The topological polar surface area (TPSA) is 66.0 Å². The number of nitrogens with two attached hydrogens (primary N) is 1. The van der Waals surface area contributed by atoms with Crippen molar-refractivity contribution in [1.82, 2.24) is 4.98 Å². The molecule has 0 fully saturated rings. The highest BCUT2D eigenvalue weighted by Crippen LogP contribution is 2.24. The minimum atomic E-state index is -0.0237. The normalized spacial score (nSPS) is 10.3. The Balaban J connectivity index is 2.15. The molecule has 2 aromatic rings. The SMILES string of the molecule is CN(Cc1ccc(Cl)s1)c1ccnc(C(=N)N)c1. The van der Waals surface area contributed by atoms with Gasteiger partial charge in [0.2, 0.25) is 0 Å². The lowest BCUT2D eigenvalue weighted by Gasteiger charge is -2.18. The Bertz CT molecular complexity index is 567. The van der Waals surface area contributed by atoms with E-state index < -0.39 is 0 Å². The molecule has 0 atom stereocenters. The van der Waals surface area contributed by atoms with E-state index in [1.54, 1.807) is 23.6 Å². The standard InChI is InChI=1S/C12H13ClN4S/c1-17(7-9-2-3-11(13)18-9)8-4-5-16-10(6-8)12(14)15/h2-6H,7H2,1H3,(H3,14,15). The molecule has 0 unspecified atom stereocenters. The molecule has 0 spiro atoms. The number of anilines is 1. The van der Waals surface area contributed by atoms with Gasteiger partial charge < -0.3 is 10.6 Å². The van der Waals surface area contributed by atoms with E-state index >= 15 is 0 Å². The summed E-state index contributed by atoms with van der Waals surface area (Å²) in [5.41, 5.74) is 6.89. The van der Waals surface area contributed by atoms with Gasteiger partial charge in [0.25, 0.3) is 0 Å². The van der Waals surface area contributed by atoms with Crippen molar-refractivity contribution >= 4 is 34.5 Å². The Morgan fingerprint density at radius 3 is 2.89 bits per heavy atom. The second-order valence-electron chi connectivity index (χ2n) is 3.87. The number of nitrogens with zero attached hydrogens (tertiary/aromatic N) is 2. The summed E-state index contributed by atoms with van der Waals surface area (Å²) in [6, 6.07) is 7.60. The number of hydrogen-bond donors (Lipinski definition) is 2. The molecule has 0 bridgehead atoms. The molecule has 0 radical (unpaired) electrons. The van der Waals surface area contributed by atoms with Crippen LogP contribution >= 0.6 is 22.9 Å². The highest BCUT2D eigenvalue weighted by atomic mass is 35.5. The Morgan fingerprint density at radius 2 is 2.28 bits per heavy atom. The van der Waals surface area contributed by atoms with Crippen molar-refractivity contribution in [2.45, 2.75) is 6.54 Å². The van der Waals surface area contributed by atoms with Gasteiger partial charge in [0.15, 0.2) is 0 Å². The zero-order valence-electron chi connectivity index (χ0n) is 9.85. The van der Waals surface area contributed by atoms with E-state index in [4.69, 9.17) is 22.7 Å². The first-order valence-corrected chi connectivity index (χ1v) is 6.51. The summed E-state index contributed by atoms with van der Waals surface area (Å²) in [5.74, 6) is -0.0237. The van der Waals surface area contributed by atoms with E-state index in [0.717, 1.165) is 16.6 Å². The van der Waals surface area contributed by atoms with Crippen LogP contribution in [-0.2, 0) is 6.54 Å². The van der Waals surface area contributed by atoms with E-state index in [2.05, 4.69) is 9.88 Å². The first-order valence-electron chi connectivity index (χ1n) is 5.32. The van der Waals surface area contributed by atoms with Crippen LogP contribution < -0.4 is 10.6 Å². The molecule has 6 heteroatoms. The van der Waals surface area contributed by atoms with Crippen LogP contribution in [0.3, 0.4) is 0 Å². The molecule has 0 aromatic carbocycles. The fourth-order valence-electron chi connectivity index (χ4n) is 1.57. The van der Waals surface area contributed by atoms with E-state index in [0.29, 0.717) is 5.69 Å². The third kappa shape index (κ3) is 3.00. The Labute approximate surface area is 115 Å². The molecule has 0 aliphatic rings. The lowest BCUT2D eigenvalue weighted by Crippen LogP contribution is -2.18. The maximum Gasteiger partial charge on any atom is 0.141 e. The van der Waals surface area contributed by atoms with Crippen molar-refractivity contribution < 1.29 is 0 Å². The third-order valence-electron chi connectivity index (χ3n) is 2.48. The van der Waals surface area contributed by atoms with Crippen molar-refractivity contribution in [3.05, 3.63) is 45.4 Å². The fourth-order valence-corrected chi connectivity index (χ4v) is 2.71.